The molecule has 1 aliphatic rings. The highest BCUT2D eigenvalue weighted by Crippen LogP contribution is 2.31. The number of aliphatic hydroxyl groups is 1. The zero-order valence-corrected chi connectivity index (χ0v) is 13.6. The molecule has 8 nitrogen and oxygen atoms in total. The Balaban J connectivity index is 2.25. The van der Waals surface area contributed by atoms with Crippen molar-refractivity contribution in [3.8, 4) is 0 Å². The number of alkyl halides is 1. The summed E-state index contributed by atoms with van der Waals surface area (Å²) in [5.41, 5.74) is -1.09. The number of aromatic amines is 1. The fourth-order valence-corrected chi connectivity index (χ4v) is 2.87. The number of aliphatic hydroxyl groups excluding tert-OH is 1. The molecule has 0 aromatic carbocycles. The molecule has 1 aromatic heterocycles. The average Bonchev–Trinajstić information content (AvgIpc) is 2.76. The maximum atomic E-state index is 11.9. The number of hydrogen-bond donors (Lipinski definition) is 2. The van der Waals surface area contributed by atoms with Gasteiger partial charge < -0.3 is 19.3 Å². The predicted octanol–water partition coefficient (Wildman–Crippen LogP) is -0.738. The molecular weight excluding hydrogens is 395 g/mol. The molecule has 1 aromatic rings. The third kappa shape index (κ3) is 3.72. The molecule has 9 heteroatoms. The van der Waals surface area contributed by atoms with E-state index in [1.807, 2.05) is 0 Å². The van der Waals surface area contributed by atoms with Crippen molar-refractivity contribution in [3.05, 3.63) is 33.1 Å². The van der Waals surface area contributed by atoms with E-state index in [2.05, 4.69) is 27.6 Å². The van der Waals surface area contributed by atoms with E-state index in [9.17, 15) is 14.7 Å². The van der Waals surface area contributed by atoms with E-state index in [1.165, 1.54) is 16.8 Å². The lowest BCUT2D eigenvalue weighted by molar-refractivity contribution is -0.0787. The van der Waals surface area contributed by atoms with Gasteiger partial charge in [-0.1, -0.05) is 22.6 Å². The van der Waals surface area contributed by atoms with Gasteiger partial charge in [0.25, 0.3) is 5.56 Å². The van der Waals surface area contributed by atoms with Crippen LogP contribution < -0.4 is 11.2 Å². The number of nitrogens with zero attached hydrogens (tertiary/aromatic N) is 1. The molecule has 1 aliphatic heterocycles. The summed E-state index contributed by atoms with van der Waals surface area (Å²) in [6.45, 7) is 0.634. The summed E-state index contributed by atoms with van der Waals surface area (Å²) in [4.78, 5) is 25.2. The Hall–Kier alpha value is -0.750. The second-order valence-electron chi connectivity index (χ2n) is 4.56. The first-order chi connectivity index (χ1) is 10.1. The van der Waals surface area contributed by atoms with Crippen molar-refractivity contribution in [2.75, 3.05) is 24.8 Å². The molecule has 4 atom stereocenters. The number of methoxy groups -OCH3 is 1. The Morgan fingerprint density at radius 2 is 2.24 bits per heavy atom. The van der Waals surface area contributed by atoms with Gasteiger partial charge in [0, 0.05) is 23.8 Å². The molecule has 0 amide bonds. The van der Waals surface area contributed by atoms with Crippen LogP contribution in [-0.4, -0.2) is 57.7 Å². The highest BCUT2D eigenvalue weighted by atomic mass is 127. The number of halogens is 1. The second kappa shape index (κ2) is 7.49. The van der Waals surface area contributed by atoms with Crippen molar-refractivity contribution < 1.29 is 19.3 Å². The largest absolute Gasteiger partial charge is 0.387 e. The molecule has 0 bridgehead atoms. The van der Waals surface area contributed by atoms with E-state index in [4.69, 9.17) is 14.2 Å². The van der Waals surface area contributed by atoms with Gasteiger partial charge in [0.05, 0.1) is 19.3 Å². The van der Waals surface area contributed by atoms with E-state index in [1.54, 1.807) is 7.11 Å². The normalized spacial score (nSPS) is 28.9. The lowest BCUT2D eigenvalue weighted by atomic mass is 10.1. The minimum absolute atomic E-state index is 0.268. The van der Waals surface area contributed by atoms with Gasteiger partial charge in [-0.15, -0.1) is 0 Å². The number of ether oxygens (including phenoxy) is 3. The van der Waals surface area contributed by atoms with Crippen LogP contribution in [0.25, 0.3) is 0 Å². The van der Waals surface area contributed by atoms with Crippen LogP contribution in [0.15, 0.2) is 21.9 Å². The lowest BCUT2D eigenvalue weighted by Gasteiger charge is -2.22. The Labute approximate surface area is 134 Å². The summed E-state index contributed by atoms with van der Waals surface area (Å²) < 4.78 is 18.0. The summed E-state index contributed by atoms with van der Waals surface area (Å²) in [6.07, 6.45) is -1.46. The minimum Gasteiger partial charge on any atom is -0.387 e. The van der Waals surface area contributed by atoms with Crippen LogP contribution >= 0.6 is 22.6 Å². The van der Waals surface area contributed by atoms with E-state index >= 15 is 0 Å². The zero-order valence-electron chi connectivity index (χ0n) is 11.4. The standard InChI is InChI=1S/C12H17IN2O6/c1-19-4-5-20-10-9(17)7(6-13)21-11(10)15-3-2-8(16)14-12(15)18/h2-3,7,9-11,17H,4-6H2,1H3,(H,14,16,18). The number of rotatable bonds is 6. The van der Waals surface area contributed by atoms with E-state index < -0.39 is 35.8 Å². The lowest BCUT2D eigenvalue weighted by Crippen LogP contribution is -2.39. The van der Waals surface area contributed by atoms with Gasteiger partial charge in [0.1, 0.15) is 12.2 Å². The van der Waals surface area contributed by atoms with Crippen LogP contribution in [0.1, 0.15) is 6.23 Å². The van der Waals surface area contributed by atoms with Crippen LogP contribution in [-0.2, 0) is 14.2 Å². The molecule has 0 saturated carbocycles. The van der Waals surface area contributed by atoms with Gasteiger partial charge in [-0.3, -0.25) is 14.3 Å². The van der Waals surface area contributed by atoms with Gasteiger partial charge in [-0.05, 0) is 0 Å². The van der Waals surface area contributed by atoms with E-state index in [-0.39, 0.29) is 6.61 Å². The Kier molecular flexibility index (Phi) is 5.93. The average molecular weight is 412 g/mol. The van der Waals surface area contributed by atoms with Crippen molar-refractivity contribution >= 4 is 22.6 Å². The summed E-state index contributed by atoms with van der Waals surface area (Å²) in [7, 11) is 1.54. The van der Waals surface area contributed by atoms with Crippen molar-refractivity contribution in [2.24, 2.45) is 0 Å². The molecule has 1 fully saturated rings. The van der Waals surface area contributed by atoms with Crippen molar-refractivity contribution in [3.63, 3.8) is 0 Å². The van der Waals surface area contributed by atoms with Gasteiger partial charge in [0.2, 0.25) is 0 Å². The molecule has 0 aliphatic carbocycles. The van der Waals surface area contributed by atoms with Crippen molar-refractivity contribution in [1.29, 1.82) is 0 Å². The van der Waals surface area contributed by atoms with Crippen molar-refractivity contribution in [2.45, 2.75) is 24.5 Å². The molecule has 118 valence electrons. The third-order valence-electron chi connectivity index (χ3n) is 3.19. The summed E-state index contributed by atoms with van der Waals surface area (Å²) in [5, 5.41) is 10.2. The number of hydrogen-bond acceptors (Lipinski definition) is 6. The maximum absolute atomic E-state index is 11.9. The minimum atomic E-state index is -0.859. The van der Waals surface area contributed by atoms with Gasteiger partial charge in [-0.25, -0.2) is 4.79 Å². The SMILES string of the molecule is COCCOC1C(O)C(CI)OC1n1ccc(=O)[nH]c1=O. The molecular formula is C12H17IN2O6. The smallest absolute Gasteiger partial charge is 0.330 e. The molecule has 0 radical (unpaired) electrons. The van der Waals surface area contributed by atoms with Crippen LogP contribution in [0.5, 0.6) is 0 Å². The number of nitrogens with one attached hydrogen (secondary N) is 1. The molecule has 21 heavy (non-hydrogen) atoms. The predicted molar refractivity (Wildman–Crippen MR) is 81.7 cm³/mol. The zero-order chi connectivity index (χ0) is 15.4. The Morgan fingerprint density at radius 1 is 1.48 bits per heavy atom. The third-order valence-corrected chi connectivity index (χ3v) is 4.06. The first-order valence-electron chi connectivity index (χ1n) is 6.40. The highest BCUT2D eigenvalue weighted by molar-refractivity contribution is 14.1. The second-order valence-corrected chi connectivity index (χ2v) is 5.44. The number of aromatic nitrogens is 2. The Morgan fingerprint density at radius 3 is 2.86 bits per heavy atom. The first-order valence-corrected chi connectivity index (χ1v) is 7.92. The molecule has 1 saturated heterocycles. The van der Waals surface area contributed by atoms with E-state index in [0.29, 0.717) is 11.0 Å². The van der Waals surface area contributed by atoms with Crippen molar-refractivity contribution in [1.82, 2.24) is 9.55 Å². The fourth-order valence-electron chi connectivity index (χ4n) is 2.14. The van der Waals surface area contributed by atoms with Gasteiger partial charge >= 0.3 is 5.69 Å². The summed E-state index contributed by atoms with van der Waals surface area (Å²) >= 11 is 2.09. The topological polar surface area (TPSA) is 103 Å². The fraction of sp³-hybridized carbons (Fsp3) is 0.667. The van der Waals surface area contributed by atoms with Gasteiger partial charge in [-0.2, -0.15) is 0 Å². The quantitative estimate of drug-likeness (QED) is 0.363. The number of H-pyrrole nitrogens is 1. The monoisotopic (exact) mass is 412 g/mol. The Bertz CT molecular complexity index is 573. The van der Waals surface area contributed by atoms with Gasteiger partial charge in [0.15, 0.2) is 6.23 Å². The van der Waals surface area contributed by atoms with Crippen LogP contribution in [0.3, 0.4) is 0 Å². The van der Waals surface area contributed by atoms with Crippen LogP contribution in [0, 0.1) is 0 Å². The molecule has 2 rings (SSSR count). The maximum Gasteiger partial charge on any atom is 0.330 e. The first kappa shape index (κ1) is 16.6. The molecule has 0 spiro atoms. The van der Waals surface area contributed by atoms with E-state index in [0.717, 1.165) is 0 Å². The molecule has 4 unspecified atom stereocenters. The summed E-state index contributed by atoms with van der Waals surface area (Å²) in [5.74, 6) is 0. The van der Waals surface area contributed by atoms with Crippen LogP contribution in [0.2, 0.25) is 0 Å². The molecule has 2 N–H and O–H groups in total. The molecule has 2 heterocycles. The van der Waals surface area contributed by atoms with Crippen LogP contribution in [0.4, 0.5) is 0 Å². The summed E-state index contributed by atoms with van der Waals surface area (Å²) in [6, 6.07) is 1.22. The highest BCUT2D eigenvalue weighted by Gasteiger charge is 2.45.